The van der Waals surface area contributed by atoms with Crippen molar-refractivity contribution in [1.29, 1.82) is 0 Å². The van der Waals surface area contributed by atoms with Crippen LogP contribution in [0.25, 0.3) is 0 Å². The van der Waals surface area contributed by atoms with Crippen LogP contribution in [0.4, 0.5) is 0 Å². The van der Waals surface area contributed by atoms with Crippen molar-refractivity contribution in [2.24, 2.45) is 16.7 Å². The van der Waals surface area contributed by atoms with Crippen molar-refractivity contribution in [2.75, 3.05) is 0 Å². The van der Waals surface area contributed by atoms with E-state index in [4.69, 9.17) is 5.11 Å². The van der Waals surface area contributed by atoms with Crippen LogP contribution in [0.2, 0.25) is 0 Å². The predicted octanol–water partition coefficient (Wildman–Crippen LogP) is 3.79. The molecule has 0 aliphatic rings. The van der Waals surface area contributed by atoms with Gasteiger partial charge in [0.1, 0.15) is 0 Å². The molecule has 19 heavy (non-hydrogen) atoms. The number of unbranched alkanes of at least 4 members (excludes halogenated alkanes) is 1. The molecular formula is C15H28O4. The number of aliphatic carboxylic acids is 2. The monoisotopic (exact) mass is 272 g/mol. The maximum Gasteiger partial charge on any atom is 0.309 e. The van der Waals surface area contributed by atoms with E-state index in [2.05, 4.69) is 0 Å². The van der Waals surface area contributed by atoms with Crippen LogP contribution in [0.3, 0.4) is 0 Å². The molecule has 0 rings (SSSR count). The molecule has 0 saturated heterocycles. The van der Waals surface area contributed by atoms with Crippen molar-refractivity contribution in [1.82, 2.24) is 0 Å². The summed E-state index contributed by atoms with van der Waals surface area (Å²) in [5, 5.41) is 18.4. The Morgan fingerprint density at radius 2 is 1.58 bits per heavy atom. The van der Waals surface area contributed by atoms with Gasteiger partial charge in [-0.1, -0.05) is 40.5 Å². The van der Waals surface area contributed by atoms with Crippen molar-refractivity contribution < 1.29 is 19.8 Å². The first-order valence-corrected chi connectivity index (χ1v) is 7.01. The molecule has 0 aromatic carbocycles. The fourth-order valence-corrected chi connectivity index (χ4v) is 2.23. The molecule has 0 fully saturated rings. The van der Waals surface area contributed by atoms with Gasteiger partial charge >= 0.3 is 11.9 Å². The van der Waals surface area contributed by atoms with Gasteiger partial charge in [0.15, 0.2) is 0 Å². The molecule has 112 valence electrons. The summed E-state index contributed by atoms with van der Waals surface area (Å²) in [6, 6.07) is 0. The number of rotatable bonds is 8. The summed E-state index contributed by atoms with van der Waals surface area (Å²) < 4.78 is 0. The number of hydrogen-bond acceptors (Lipinski definition) is 2. The molecule has 0 heterocycles. The molecule has 2 N–H and O–H groups in total. The number of carboxylic acids is 2. The van der Waals surface area contributed by atoms with Crippen LogP contribution in [0, 0.1) is 16.7 Å². The van der Waals surface area contributed by atoms with Gasteiger partial charge in [-0.25, -0.2) is 0 Å². The van der Waals surface area contributed by atoms with Crippen LogP contribution in [-0.4, -0.2) is 22.2 Å². The largest absolute Gasteiger partial charge is 0.481 e. The highest BCUT2D eigenvalue weighted by Crippen LogP contribution is 2.33. The average molecular weight is 272 g/mol. The second-order valence-corrected chi connectivity index (χ2v) is 6.72. The van der Waals surface area contributed by atoms with Crippen LogP contribution in [-0.2, 0) is 9.59 Å². The molecule has 4 nitrogen and oxygen atoms in total. The van der Waals surface area contributed by atoms with Crippen molar-refractivity contribution in [3.05, 3.63) is 0 Å². The Morgan fingerprint density at radius 3 is 1.89 bits per heavy atom. The lowest BCUT2D eigenvalue weighted by Gasteiger charge is -2.28. The fraction of sp³-hybridized carbons (Fsp3) is 0.867. The van der Waals surface area contributed by atoms with Crippen LogP contribution in [0.1, 0.15) is 66.7 Å². The number of carboxylic acid groups (broad SMARTS) is 2. The minimum atomic E-state index is -0.763. The Balaban J connectivity index is 4.30. The molecule has 2 atom stereocenters. The first kappa shape index (κ1) is 17.9. The van der Waals surface area contributed by atoms with Gasteiger partial charge < -0.3 is 10.2 Å². The van der Waals surface area contributed by atoms with E-state index in [1.165, 1.54) is 0 Å². The van der Waals surface area contributed by atoms with E-state index in [-0.39, 0.29) is 11.3 Å². The second-order valence-electron chi connectivity index (χ2n) is 6.72. The Bertz CT molecular complexity index is 317. The quantitative estimate of drug-likeness (QED) is 0.659. The Labute approximate surface area is 116 Å². The first-order valence-electron chi connectivity index (χ1n) is 7.01. The van der Waals surface area contributed by atoms with E-state index in [0.717, 1.165) is 12.8 Å². The van der Waals surface area contributed by atoms with Gasteiger partial charge in [-0.05, 0) is 31.6 Å². The van der Waals surface area contributed by atoms with Gasteiger partial charge in [0.2, 0.25) is 0 Å². The maximum atomic E-state index is 11.2. The van der Waals surface area contributed by atoms with Crippen LogP contribution in [0.5, 0.6) is 0 Å². The van der Waals surface area contributed by atoms with Gasteiger partial charge in [0.25, 0.3) is 0 Å². The molecule has 0 amide bonds. The second kappa shape index (κ2) is 6.92. The summed E-state index contributed by atoms with van der Waals surface area (Å²) >= 11 is 0. The summed E-state index contributed by atoms with van der Waals surface area (Å²) in [4.78, 5) is 22.4. The summed E-state index contributed by atoms with van der Waals surface area (Å²) in [6.07, 6.45) is 3.34. The normalized spacial score (nSPS) is 16.7. The SMILES string of the molecule is CCC(C)(CCCCC(C(=O)O)C(C)(C)C)C(=O)O. The van der Waals surface area contributed by atoms with Crippen molar-refractivity contribution in [3.8, 4) is 0 Å². The van der Waals surface area contributed by atoms with E-state index in [9.17, 15) is 14.7 Å². The van der Waals surface area contributed by atoms with E-state index in [1.54, 1.807) is 6.92 Å². The molecule has 0 aromatic heterocycles. The molecule has 0 saturated carbocycles. The highest BCUT2D eigenvalue weighted by atomic mass is 16.4. The van der Waals surface area contributed by atoms with Gasteiger partial charge in [-0.15, -0.1) is 0 Å². The third kappa shape index (κ3) is 5.62. The molecule has 2 unspecified atom stereocenters. The van der Waals surface area contributed by atoms with Gasteiger partial charge in [-0.2, -0.15) is 0 Å². The van der Waals surface area contributed by atoms with E-state index in [0.29, 0.717) is 19.3 Å². The van der Waals surface area contributed by atoms with Crippen LogP contribution < -0.4 is 0 Å². The van der Waals surface area contributed by atoms with Crippen molar-refractivity contribution in [3.63, 3.8) is 0 Å². The summed E-state index contributed by atoms with van der Waals surface area (Å²) in [5.74, 6) is -1.89. The maximum absolute atomic E-state index is 11.2. The van der Waals surface area contributed by atoms with Gasteiger partial charge in [0.05, 0.1) is 11.3 Å². The molecule has 0 aromatic rings. The zero-order valence-electron chi connectivity index (χ0n) is 12.8. The zero-order chi connectivity index (χ0) is 15.3. The van der Waals surface area contributed by atoms with E-state index < -0.39 is 17.4 Å². The lowest BCUT2D eigenvalue weighted by Crippen LogP contribution is -2.29. The van der Waals surface area contributed by atoms with E-state index >= 15 is 0 Å². The third-order valence-corrected chi connectivity index (χ3v) is 4.11. The molecule has 0 bridgehead atoms. The third-order valence-electron chi connectivity index (χ3n) is 4.11. The number of hydrogen-bond donors (Lipinski definition) is 2. The van der Waals surface area contributed by atoms with E-state index in [1.807, 2.05) is 27.7 Å². The molecular weight excluding hydrogens is 244 g/mol. The predicted molar refractivity (Wildman–Crippen MR) is 75.1 cm³/mol. The summed E-state index contributed by atoms with van der Waals surface area (Å²) in [6.45, 7) is 9.43. The Kier molecular flexibility index (Phi) is 6.53. The van der Waals surface area contributed by atoms with Gasteiger partial charge in [-0.3, -0.25) is 9.59 Å². The lowest BCUT2D eigenvalue weighted by atomic mass is 9.76. The minimum absolute atomic E-state index is 0.257. The highest BCUT2D eigenvalue weighted by molar-refractivity contribution is 5.74. The van der Waals surface area contributed by atoms with Crippen molar-refractivity contribution in [2.45, 2.75) is 66.7 Å². The first-order chi connectivity index (χ1) is 8.54. The number of carbonyl (C=O) groups is 2. The Morgan fingerprint density at radius 1 is 1.05 bits per heavy atom. The van der Waals surface area contributed by atoms with Crippen LogP contribution >= 0.6 is 0 Å². The van der Waals surface area contributed by atoms with Gasteiger partial charge in [0, 0.05) is 0 Å². The van der Waals surface area contributed by atoms with Crippen LogP contribution in [0.15, 0.2) is 0 Å². The molecule has 4 heteroatoms. The molecule has 0 radical (unpaired) electrons. The standard InChI is InChI=1S/C15H28O4/c1-6-15(5,13(18)19)10-8-7-9-11(12(16)17)14(2,3)4/h11H,6-10H2,1-5H3,(H,16,17)(H,18,19). The minimum Gasteiger partial charge on any atom is -0.481 e. The topological polar surface area (TPSA) is 74.6 Å². The molecule has 0 aliphatic carbocycles. The fourth-order valence-electron chi connectivity index (χ4n) is 2.23. The Hall–Kier alpha value is -1.06. The average Bonchev–Trinajstić information content (AvgIpc) is 2.25. The molecule has 0 aliphatic heterocycles. The summed E-state index contributed by atoms with van der Waals surface area (Å²) in [7, 11) is 0. The highest BCUT2D eigenvalue weighted by Gasteiger charge is 2.32. The molecule has 0 spiro atoms. The zero-order valence-corrected chi connectivity index (χ0v) is 12.8. The smallest absolute Gasteiger partial charge is 0.309 e. The summed E-state index contributed by atoms with van der Waals surface area (Å²) in [5.41, 5.74) is -0.937. The lowest BCUT2D eigenvalue weighted by molar-refractivity contribution is -0.149. The van der Waals surface area contributed by atoms with Crippen molar-refractivity contribution >= 4 is 11.9 Å².